The summed E-state index contributed by atoms with van der Waals surface area (Å²) in [7, 11) is 1.23. The Kier molecular flexibility index (Phi) is 6.66. The molecular weight excluding hydrogens is 345 g/mol. The molecule has 0 fully saturated rings. The second-order valence-corrected chi connectivity index (χ2v) is 5.89. The summed E-state index contributed by atoms with van der Waals surface area (Å²) in [4.78, 5) is 11.5. The van der Waals surface area contributed by atoms with Crippen LogP contribution in [0, 0.1) is 12.7 Å². The number of aryl methyl sites for hydroxylation is 2. The fraction of sp³-hybridized carbons (Fsp3) is 0.350. The molecule has 2 aromatic carbocycles. The SMILES string of the molecule is CCc1cc(F)c(OCc2c(CC(=O)OC)cccc2C(F)F)cc1C. The van der Waals surface area contributed by atoms with Gasteiger partial charge in [-0.15, -0.1) is 0 Å². The molecule has 6 heteroatoms. The number of carbonyl (C=O) groups is 1. The first-order valence-electron chi connectivity index (χ1n) is 8.24. The number of hydrogen-bond donors (Lipinski definition) is 0. The van der Waals surface area contributed by atoms with Crippen LogP contribution in [-0.2, 0) is 29.0 Å². The van der Waals surface area contributed by atoms with Crippen LogP contribution in [0.15, 0.2) is 30.3 Å². The number of rotatable bonds is 7. The highest BCUT2D eigenvalue weighted by Crippen LogP contribution is 2.29. The molecule has 26 heavy (non-hydrogen) atoms. The van der Waals surface area contributed by atoms with Crippen molar-refractivity contribution in [3.8, 4) is 5.75 Å². The van der Waals surface area contributed by atoms with Crippen molar-refractivity contribution in [3.63, 3.8) is 0 Å². The number of esters is 1. The lowest BCUT2D eigenvalue weighted by molar-refractivity contribution is -0.139. The maximum atomic E-state index is 14.2. The molecule has 0 heterocycles. The largest absolute Gasteiger partial charge is 0.486 e. The Bertz CT molecular complexity index is 788. The highest BCUT2D eigenvalue weighted by atomic mass is 19.3. The number of carbonyl (C=O) groups excluding carboxylic acids is 1. The molecule has 0 aliphatic rings. The molecule has 0 aromatic heterocycles. The Morgan fingerprint density at radius 2 is 1.92 bits per heavy atom. The highest BCUT2D eigenvalue weighted by molar-refractivity contribution is 5.73. The Balaban J connectivity index is 2.33. The van der Waals surface area contributed by atoms with Crippen molar-refractivity contribution in [2.45, 2.75) is 39.7 Å². The van der Waals surface area contributed by atoms with Crippen molar-refractivity contribution in [2.75, 3.05) is 7.11 Å². The minimum absolute atomic E-state index is 0.00668. The Hall–Kier alpha value is -2.50. The summed E-state index contributed by atoms with van der Waals surface area (Å²) >= 11 is 0. The summed E-state index contributed by atoms with van der Waals surface area (Å²) in [5.41, 5.74) is 2.02. The second-order valence-electron chi connectivity index (χ2n) is 5.89. The fourth-order valence-electron chi connectivity index (χ4n) is 2.77. The summed E-state index contributed by atoms with van der Waals surface area (Å²) in [5.74, 6) is -1.10. The summed E-state index contributed by atoms with van der Waals surface area (Å²) in [6, 6.07) is 7.22. The van der Waals surface area contributed by atoms with Gasteiger partial charge < -0.3 is 9.47 Å². The third-order valence-corrected chi connectivity index (χ3v) is 4.25. The van der Waals surface area contributed by atoms with Gasteiger partial charge in [-0.25, -0.2) is 13.2 Å². The third-order valence-electron chi connectivity index (χ3n) is 4.25. The smallest absolute Gasteiger partial charge is 0.309 e. The van der Waals surface area contributed by atoms with E-state index in [9.17, 15) is 18.0 Å². The van der Waals surface area contributed by atoms with Crippen molar-refractivity contribution in [1.29, 1.82) is 0 Å². The maximum Gasteiger partial charge on any atom is 0.309 e. The van der Waals surface area contributed by atoms with Gasteiger partial charge >= 0.3 is 5.97 Å². The Labute approximate surface area is 150 Å². The van der Waals surface area contributed by atoms with Gasteiger partial charge in [0.05, 0.1) is 13.5 Å². The van der Waals surface area contributed by atoms with Crippen molar-refractivity contribution in [3.05, 3.63) is 64.0 Å². The van der Waals surface area contributed by atoms with Gasteiger partial charge in [0.2, 0.25) is 0 Å². The normalized spacial score (nSPS) is 10.9. The Morgan fingerprint density at radius 1 is 1.19 bits per heavy atom. The first-order valence-corrected chi connectivity index (χ1v) is 8.24. The molecule has 0 amide bonds. The standard InChI is InChI=1S/C20H21F3O3/c1-4-13-9-17(21)18(8-12(13)2)26-11-16-14(10-19(24)25-3)6-5-7-15(16)20(22)23/h5-9,20H,4,10-11H2,1-3H3. The van der Waals surface area contributed by atoms with E-state index < -0.39 is 18.2 Å². The minimum Gasteiger partial charge on any atom is -0.486 e. The first-order chi connectivity index (χ1) is 12.4. The van der Waals surface area contributed by atoms with Gasteiger partial charge in [-0.05, 0) is 42.2 Å². The number of ether oxygens (including phenoxy) is 2. The average molecular weight is 366 g/mol. The van der Waals surface area contributed by atoms with Crippen LogP contribution in [0.4, 0.5) is 13.2 Å². The number of methoxy groups -OCH3 is 1. The van der Waals surface area contributed by atoms with Crippen LogP contribution < -0.4 is 4.74 Å². The molecule has 0 bridgehead atoms. The third kappa shape index (κ3) is 4.56. The van der Waals surface area contributed by atoms with Gasteiger partial charge in [0.1, 0.15) is 6.61 Å². The molecule has 0 saturated heterocycles. The monoisotopic (exact) mass is 366 g/mol. The molecule has 140 valence electrons. The first kappa shape index (κ1) is 19.8. The maximum absolute atomic E-state index is 14.2. The fourth-order valence-corrected chi connectivity index (χ4v) is 2.77. The van der Waals surface area contributed by atoms with Crippen molar-refractivity contribution < 1.29 is 27.4 Å². The van der Waals surface area contributed by atoms with E-state index in [4.69, 9.17) is 4.74 Å². The zero-order chi connectivity index (χ0) is 19.3. The van der Waals surface area contributed by atoms with E-state index in [1.54, 1.807) is 12.1 Å². The average Bonchev–Trinajstić information content (AvgIpc) is 2.62. The van der Waals surface area contributed by atoms with Gasteiger partial charge in [0, 0.05) is 11.1 Å². The summed E-state index contributed by atoms with van der Waals surface area (Å²) in [5, 5.41) is 0. The van der Waals surface area contributed by atoms with Gasteiger partial charge in [-0.1, -0.05) is 25.1 Å². The molecule has 0 saturated carbocycles. The predicted molar refractivity (Wildman–Crippen MR) is 92.0 cm³/mol. The van der Waals surface area contributed by atoms with Crippen LogP contribution in [-0.4, -0.2) is 13.1 Å². The van der Waals surface area contributed by atoms with Gasteiger partial charge in [0.25, 0.3) is 6.43 Å². The predicted octanol–water partition coefficient (Wildman–Crippen LogP) is 4.93. The van der Waals surface area contributed by atoms with E-state index in [0.29, 0.717) is 12.0 Å². The van der Waals surface area contributed by atoms with E-state index in [2.05, 4.69) is 4.74 Å². The van der Waals surface area contributed by atoms with Crippen LogP contribution in [0.2, 0.25) is 0 Å². The molecule has 2 rings (SSSR count). The molecule has 0 N–H and O–H groups in total. The minimum atomic E-state index is -2.74. The lowest BCUT2D eigenvalue weighted by Crippen LogP contribution is -2.11. The second kappa shape index (κ2) is 8.74. The molecule has 0 unspecified atom stereocenters. The number of halogens is 3. The lowest BCUT2D eigenvalue weighted by Gasteiger charge is -2.16. The van der Waals surface area contributed by atoms with Crippen LogP contribution in [0.3, 0.4) is 0 Å². The lowest BCUT2D eigenvalue weighted by atomic mass is 9.99. The highest BCUT2D eigenvalue weighted by Gasteiger charge is 2.19. The molecule has 0 spiro atoms. The van der Waals surface area contributed by atoms with Gasteiger partial charge in [-0.2, -0.15) is 0 Å². The van der Waals surface area contributed by atoms with E-state index >= 15 is 0 Å². The molecule has 0 aliphatic heterocycles. The molecule has 0 atom stereocenters. The van der Waals surface area contributed by atoms with E-state index in [1.165, 1.54) is 25.3 Å². The summed E-state index contributed by atoms with van der Waals surface area (Å²) in [6.45, 7) is 3.48. The molecule has 0 radical (unpaired) electrons. The van der Waals surface area contributed by atoms with Crippen LogP contribution in [0.5, 0.6) is 5.75 Å². The van der Waals surface area contributed by atoms with Crippen molar-refractivity contribution in [1.82, 2.24) is 0 Å². The number of benzene rings is 2. The quantitative estimate of drug-likeness (QED) is 0.652. The zero-order valence-electron chi connectivity index (χ0n) is 14.9. The number of hydrogen-bond acceptors (Lipinski definition) is 3. The topological polar surface area (TPSA) is 35.5 Å². The summed E-state index contributed by atoms with van der Waals surface area (Å²) < 4.78 is 51.0. The van der Waals surface area contributed by atoms with Crippen LogP contribution >= 0.6 is 0 Å². The molecular formula is C20H21F3O3. The van der Waals surface area contributed by atoms with E-state index in [1.807, 2.05) is 13.8 Å². The molecule has 3 nitrogen and oxygen atoms in total. The molecule has 2 aromatic rings. The van der Waals surface area contributed by atoms with E-state index in [0.717, 1.165) is 11.1 Å². The molecule has 0 aliphatic carbocycles. The van der Waals surface area contributed by atoms with Crippen molar-refractivity contribution >= 4 is 5.97 Å². The van der Waals surface area contributed by atoms with Crippen LogP contribution in [0.25, 0.3) is 0 Å². The van der Waals surface area contributed by atoms with Gasteiger partial charge in [-0.3, -0.25) is 4.79 Å². The number of alkyl halides is 2. The zero-order valence-corrected chi connectivity index (χ0v) is 14.9. The van der Waals surface area contributed by atoms with E-state index in [-0.39, 0.29) is 29.9 Å². The van der Waals surface area contributed by atoms with Gasteiger partial charge in [0.15, 0.2) is 11.6 Å². The summed E-state index contributed by atoms with van der Waals surface area (Å²) in [6.07, 6.45) is -2.22. The Morgan fingerprint density at radius 3 is 2.54 bits per heavy atom. The van der Waals surface area contributed by atoms with Crippen molar-refractivity contribution in [2.24, 2.45) is 0 Å². The van der Waals surface area contributed by atoms with Crippen LogP contribution in [0.1, 0.15) is 41.2 Å².